The number of carboxylic acid groups (broad SMARTS) is 1. The quantitative estimate of drug-likeness (QED) is 0.196. The molecule has 0 spiro atoms. The van der Waals surface area contributed by atoms with Gasteiger partial charge in [-0.3, -0.25) is 25.0 Å². The van der Waals surface area contributed by atoms with Crippen molar-refractivity contribution in [2.45, 2.75) is 18.8 Å². The molecule has 0 radical (unpaired) electrons. The van der Waals surface area contributed by atoms with E-state index in [1.807, 2.05) is 5.32 Å². The predicted molar refractivity (Wildman–Crippen MR) is 135 cm³/mol. The maximum Gasteiger partial charge on any atom is 0.410 e. The molecule has 0 saturated heterocycles. The fourth-order valence-electron chi connectivity index (χ4n) is 3.30. The van der Waals surface area contributed by atoms with E-state index in [1.165, 1.54) is 19.2 Å². The van der Waals surface area contributed by atoms with E-state index in [4.69, 9.17) is 10.5 Å². The number of aryl methyl sites for hydroxylation is 1. The monoisotopic (exact) mass is 528 g/mol. The molecule has 5 N–H and O–H groups in total. The van der Waals surface area contributed by atoms with Gasteiger partial charge < -0.3 is 15.0 Å². The summed E-state index contributed by atoms with van der Waals surface area (Å²) < 4.78 is 28.9. The molecule has 0 saturated carbocycles. The smallest absolute Gasteiger partial charge is 0.410 e. The second-order valence-corrected chi connectivity index (χ2v) is 9.68. The van der Waals surface area contributed by atoms with Crippen LogP contribution in [0.4, 0.5) is 10.5 Å². The molecule has 1 heterocycles. The third-order valence-electron chi connectivity index (χ3n) is 5.06. The minimum absolute atomic E-state index is 0.0251. The van der Waals surface area contributed by atoms with Gasteiger partial charge in [-0.2, -0.15) is 0 Å². The second kappa shape index (κ2) is 11.3. The van der Waals surface area contributed by atoms with Crippen LogP contribution in [0.15, 0.2) is 70.4 Å². The van der Waals surface area contributed by atoms with Crippen LogP contribution in [0.5, 0.6) is 0 Å². The lowest BCUT2D eigenvalue weighted by Crippen LogP contribution is -2.44. The molecular formula is C23H24N6O7S. The number of nitrogens with one attached hydrogen (secondary N) is 4. The summed E-state index contributed by atoms with van der Waals surface area (Å²) in [6, 6.07) is 14.5. The van der Waals surface area contributed by atoms with Crippen molar-refractivity contribution in [1.82, 2.24) is 19.8 Å². The van der Waals surface area contributed by atoms with Gasteiger partial charge in [-0.25, -0.2) is 22.6 Å². The standard InChI is InChI=1S/C23H24N6O7S/c1-28-12-18(27-37(35,36)14-16-5-3-2-4-6-16)21(31)29(23(28)34)13-19(30)25-11-15-7-9-17(10-8-15)20(24)26-22(32)33/h2-10,12,27H,11,13-14H2,1H3,(H2,24,26)(H,25,30)(H,32,33). The lowest BCUT2D eigenvalue weighted by atomic mass is 10.1. The van der Waals surface area contributed by atoms with Crippen molar-refractivity contribution in [2.24, 2.45) is 7.05 Å². The van der Waals surface area contributed by atoms with Gasteiger partial charge >= 0.3 is 11.8 Å². The van der Waals surface area contributed by atoms with E-state index in [9.17, 15) is 27.6 Å². The van der Waals surface area contributed by atoms with Crippen molar-refractivity contribution in [1.29, 1.82) is 5.41 Å². The Bertz CT molecular complexity index is 1550. The van der Waals surface area contributed by atoms with Crippen LogP contribution in [-0.2, 0) is 40.7 Å². The molecule has 1 aromatic heterocycles. The maximum absolute atomic E-state index is 12.8. The van der Waals surface area contributed by atoms with Crippen molar-refractivity contribution >= 4 is 33.5 Å². The fourth-order valence-corrected chi connectivity index (χ4v) is 4.48. The summed E-state index contributed by atoms with van der Waals surface area (Å²) in [7, 11) is -2.66. The summed E-state index contributed by atoms with van der Waals surface area (Å²) in [5.74, 6) is -1.37. The van der Waals surface area contributed by atoms with Gasteiger partial charge in [0.05, 0.1) is 5.75 Å². The fraction of sp³-hybridized carbons (Fsp3) is 0.174. The first-order valence-corrected chi connectivity index (χ1v) is 12.4. The molecule has 0 atom stereocenters. The Morgan fingerprint density at radius 3 is 2.27 bits per heavy atom. The first kappa shape index (κ1) is 26.9. The molecule has 14 heteroatoms. The molecule has 0 fully saturated rings. The van der Waals surface area contributed by atoms with Crippen LogP contribution in [0.1, 0.15) is 16.7 Å². The highest BCUT2D eigenvalue weighted by molar-refractivity contribution is 7.91. The van der Waals surface area contributed by atoms with Gasteiger partial charge in [-0.05, 0) is 11.1 Å². The third-order valence-corrected chi connectivity index (χ3v) is 6.31. The summed E-state index contributed by atoms with van der Waals surface area (Å²) in [5.41, 5.74) is -0.716. The van der Waals surface area contributed by atoms with Crippen molar-refractivity contribution in [2.75, 3.05) is 4.72 Å². The van der Waals surface area contributed by atoms with E-state index in [1.54, 1.807) is 42.5 Å². The van der Waals surface area contributed by atoms with Gasteiger partial charge in [0.1, 0.15) is 18.1 Å². The number of amidine groups is 1. The van der Waals surface area contributed by atoms with Gasteiger partial charge in [0.25, 0.3) is 5.56 Å². The number of benzene rings is 2. The van der Waals surface area contributed by atoms with E-state index in [0.717, 1.165) is 10.8 Å². The molecule has 2 amide bonds. The van der Waals surface area contributed by atoms with Crippen LogP contribution in [-0.4, -0.2) is 40.5 Å². The van der Waals surface area contributed by atoms with Crippen molar-refractivity contribution in [3.8, 4) is 0 Å². The lowest BCUT2D eigenvalue weighted by Gasteiger charge is -2.13. The summed E-state index contributed by atoms with van der Waals surface area (Å²) in [5, 5.41) is 20.8. The lowest BCUT2D eigenvalue weighted by molar-refractivity contribution is -0.121. The Hall–Kier alpha value is -4.72. The summed E-state index contributed by atoms with van der Waals surface area (Å²) in [4.78, 5) is 48.4. The predicted octanol–water partition coefficient (Wildman–Crippen LogP) is 0.398. The molecule has 37 heavy (non-hydrogen) atoms. The molecule has 2 aromatic carbocycles. The maximum atomic E-state index is 12.8. The highest BCUT2D eigenvalue weighted by Gasteiger charge is 2.18. The zero-order valence-corrected chi connectivity index (χ0v) is 20.4. The zero-order chi connectivity index (χ0) is 27.2. The molecular weight excluding hydrogens is 504 g/mol. The van der Waals surface area contributed by atoms with Gasteiger partial charge in [0.2, 0.25) is 15.9 Å². The molecule has 0 aliphatic heterocycles. The van der Waals surface area contributed by atoms with E-state index in [0.29, 0.717) is 21.3 Å². The third kappa shape index (κ3) is 7.38. The molecule has 0 aliphatic carbocycles. The number of aromatic nitrogens is 2. The Kier molecular flexibility index (Phi) is 8.24. The average Bonchev–Trinajstić information content (AvgIpc) is 2.84. The first-order chi connectivity index (χ1) is 17.4. The topological polar surface area (TPSA) is 192 Å². The van der Waals surface area contributed by atoms with Crippen LogP contribution < -0.4 is 26.6 Å². The Morgan fingerprint density at radius 2 is 1.65 bits per heavy atom. The molecule has 3 rings (SSSR count). The van der Waals surface area contributed by atoms with Crippen molar-refractivity contribution in [3.05, 3.63) is 98.3 Å². The molecule has 0 bridgehead atoms. The highest BCUT2D eigenvalue weighted by atomic mass is 32.2. The molecule has 0 aliphatic rings. The van der Waals surface area contributed by atoms with Crippen LogP contribution >= 0.6 is 0 Å². The van der Waals surface area contributed by atoms with E-state index in [-0.39, 0.29) is 23.8 Å². The number of anilines is 1. The number of carbonyl (C=O) groups excluding carboxylic acids is 1. The number of sulfonamides is 1. The Morgan fingerprint density at radius 1 is 1.00 bits per heavy atom. The SMILES string of the molecule is Cn1cc(NS(=O)(=O)Cc2ccccc2)c(=O)n(CC(=O)NCc2ccc(C(=N)NC(=O)O)cc2)c1=O. The second-order valence-electron chi connectivity index (χ2n) is 7.95. The van der Waals surface area contributed by atoms with Gasteiger partial charge in [0, 0.05) is 25.4 Å². The summed E-state index contributed by atoms with van der Waals surface area (Å²) in [6.45, 7) is -0.623. The zero-order valence-electron chi connectivity index (χ0n) is 19.6. The van der Waals surface area contributed by atoms with E-state index >= 15 is 0 Å². The molecule has 194 valence electrons. The first-order valence-electron chi connectivity index (χ1n) is 10.7. The van der Waals surface area contributed by atoms with Gasteiger partial charge in [0.15, 0.2) is 0 Å². The molecule has 13 nitrogen and oxygen atoms in total. The minimum Gasteiger partial charge on any atom is -0.465 e. The Balaban J connectivity index is 1.69. The minimum atomic E-state index is -3.98. The van der Waals surface area contributed by atoms with Gasteiger partial charge in [-0.15, -0.1) is 0 Å². The number of nitrogens with zero attached hydrogens (tertiary/aromatic N) is 2. The van der Waals surface area contributed by atoms with Crippen LogP contribution in [0.25, 0.3) is 0 Å². The Labute approximate surface area is 210 Å². The number of rotatable bonds is 9. The van der Waals surface area contributed by atoms with E-state index in [2.05, 4.69) is 10.0 Å². The van der Waals surface area contributed by atoms with E-state index < -0.39 is 39.8 Å². The number of carbonyl (C=O) groups is 2. The molecule has 3 aromatic rings. The largest absolute Gasteiger partial charge is 0.465 e. The van der Waals surface area contributed by atoms with Crippen LogP contribution in [0, 0.1) is 5.41 Å². The highest BCUT2D eigenvalue weighted by Crippen LogP contribution is 2.09. The number of hydrogen-bond donors (Lipinski definition) is 5. The summed E-state index contributed by atoms with van der Waals surface area (Å²) in [6.07, 6.45) is -0.309. The van der Waals surface area contributed by atoms with Gasteiger partial charge in [-0.1, -0.05) is 54.6 Å². The summed E-state index contributed by atoms with van der Waals surface area (Å²) >= 11 is 0. The molecule has 0 unspecified atom stereocenters. The van der Waals surface area contributed by atoms with Crippen molar-refractivity contribution in [3.63, 3.8) is 0 Å². The number of hydrogen-bond acceptors (Lipinski definition) is 7. The average molecular weight is 529 g/mol. The van der Waals surface area contributed by atoms with Crippen LogP contribution in [0.2, 0.25) is 0 Å². The van der Waals surface area contributed by atoms with Crippen LogP contribution in [0.3, 0.4) is 0 Å². The normalized spacial score (nSPS) is 10.9. The number of amides is 2. The van der Waals surface area contributed by atoms with Crippen molar-refractivity contribution < 1.29 is 23.1 Å².